The van der Waals surface area contributed by atoms with E-state index in [-0.39, 0.29) is 5.82 Å². The Labute approximate surface area is 147 Å². The first-order valence-electron chi connectivity index (χ1n) is 8.93. The van der Waals surface area contributed by atoms with Crippen molar-refractivity contribution in [2.24, 2.45) is 5.92 Å². The van der Waals surface area contributed by atoms with Gasteiger partial charge in [0.05, 0.1) is 18.5 Å². The number of hydrogen-bond donors (Lipinski definition) is 1. The smallest absolute Gasteiger partial charge is 0.127 e. The predicted molar refractivity (Wildman–Crippen MR) is 91.6 cm³/mol. The molecule has 25 heavy (non-hydrogen) atoms. The average Bonchev–Trinajstić information content (AvgIpc) is 3.41. The second kappa shape index (κ2) is 6.77. The minimum Gasteiger partial charge on any atom is -0.497 e. The number of halogens is 1. The number of aromatic nitrogens is 2. The number of aliphatic hydroxyl groups is 1. The number of methoxy groups -OCH3 is 1. The zero-order valence-electron chi connectivity index (χ0n) is 14.5. The van der Waals surface area contributed by atoms with E-state index in [1.807, 2.05) is 10.7 Å². The maximum Gasteiger partial charge on any atom is 0.127 e. The van der Waals surface area contributed by atoms with E-state index >= 15 is 0 Å². The lowest BCUT2D eigenvalue weighted by Crippen LogP contribution is -2.23. The van der Waals surface area contributed by atoms with E-state index in [0.717, 1.165) is 43.7 Å². The highest BCUT2D eigenvalue weighted by Crippen LogP contribution is 2.40. The first-order chi connectivity index (χ1) is 12.1. The Morgan fingerprint density at radius 1 is 1.32 bits per heavy atom. The highest BCUT2D eigenvalue weighted by Gasteiger charge is 2.33. The van der Waals surface area contributed by atoms with Gasteiger partial charge in [-0.15, -0.1) is 0 Å². The molecule has 1 atom stereocenters. The molecule has 2 aliphatic rings. The molecule has 5 nitrogen and oxygen atoms in total. The summed E-state index contributed by atoms with van der Waals surface area (Å²) >= 11 is 0. The largest absolute Gasteiger partial charge is 0.497 e. The predicted octanol–water partition coefficient (Wildman–Crippen LogP) is 2.88. The van der Waals surface area contributed by atoms with Gasteiger partial charge in [-0.05, 0) is 49.4 Å². The van der Waals surface area contributed by atoms with Crippen molar-refractivity contribution in [2.45, 2.75) is 45.0 Å². The van der Waals surface area contributed by atoms with Gasteiger partial charge in [0, 0.05) is 31.7 Å². The molecular weight excluding hydrogens is 321 g/mol. The van der Waals surface area contributed by atoms with Crippen LogP contribution in [-0.2, 0) is 19.6 Å². The van der Waals surface area contributed by atoms with E-state index in [0.29, 0.717) is 30.3 Å². The number of aliphatic hydroxyl groups excluding tert-OH is 1. The van der Waals surface area contributed by atoms with Crippen LogP contribution in [0.1, 0.15) is 42.3 Å². The van der Waals surface area contributed by atoms with Crippen molar-refractivity contribution in [3.8, 4) is 5.75 Å². The van der Waals surface area contributed by atoms with E-state index in [1.54, 1.807) is 19.2 Å². The third kappa shape index (κ3) is 3.55. The SMILES string of the molecule is COc1ccc(F)c(CN2CCCn3nc([C@@H](O)C4CC4)cc3C2)c1. The fraction of sp³-hybridized carbons (Fsp3) is 0.526. The lowest BCUT2D eigenvalue weighted by Gasteiger charge is -2.20. The number of benzene rings is 1. The maximum absolute atomic E-state index is 14.1. The van der Waals surface area contributed by atoms with Gasteiger partial charge in [-0.1, -0.05) is 0 Å². The zero-order valence-corrected chi connectivity index (χ0v) is 14.5. The second-order valence-corrected chi connectivity index (χ2v) is 7.09. The summed E-state index contributed by atoms with van der Waals surface area (Å²) in [6.07, 6.45) is 2.69. The van der Waals surface area contributed by atoms with Gasteiger partial charge >= 0.3 is 0 Å². The molecule has 0 bridgehead atoms. The highest BCUT2D eigenvalue weighted by atomic mass is 19.1. The van der Waals surface area contributed by atoms with E-state index < -0.39 is 6.10 Å². The lowest BCUT2D eigenvalue weighted by molar-refractivity contribution is 0.148. The van der Waals surface area contributed by atoms with Crippen LogP contribution in [0.4, 0.5) is 4.39 Å². The Kier molecular flexibility index (Phi) is 4.48. The molecule has 2 aromatic rings. The molecule has 0 amide bonds. The first kappa shape index (κ1) is 16.5. The van der Waals surface area contributed by atoms with Gasteiger partial charge in [0.25, 0.3) is 0 Å². The molecule has 6 heteroatoms. The summed E-state index contributed by atoms with van der Waals surface area (Å²) in [6.45, 7) is 2.97. The van der Waals surface area contributed by atoms with Gasteiger partial charge in [-0.3, -0.25) is 9.58 Å². The monoisotopic (exact) mass is 345 g/mol. The molecule has 0 saturated heterocycles. The minimum absolute atomic E-state index is 0.205. The molecule has 2 heterocycles. The topological polar surface area (TPSA) is 50.5 Å². The minimum atomic E-state index is -0.441. The van der Waals surface area contributed by atoms with Crippen LogP contribution in [0.15, 0.2) is 24.3 Å². The Balaban J connectivity index is 1.51. The molecule has 1 saturated carbocycles. The molecule has 1 fully saturated rings. The lowest BCUT2D eigenvalue weighted by atomic mass is 10.1. The van der Waals surface area contributed by atoms with Gasteiger partial charge in [-0.25, -0.2) is 4.39 Å². The number of hydrogen-bond acceptors (Lipinski definition) is 4. The van der Waals surface area contributed by atoms with E-state index in [2.05, 4.69) is 10.00 Å². The van der Waals surface area contributed by atoms with Crippen LogP contribution >= 0.6 is 0 Å². The standard InChI is InChI=1S/C19H24FN3O2/c1-25-16-5-6-17(20)14(9-16)11-22-7-2-8-23-15(12-22)10-18(21-23)19(24)13-3-4-13/h5-6,9-10,13,19,24H,2-4,7-8,11-12H2,1H3/t19-/m0/s1. The van der Waals surface area contributed by atoms with E-state index in [4.69, 9.17) is 4.74 Å². The van der Waals surface area contributed by atoms with Crippen LogP contribution in [0, 0.1) is 11.7 Å². The van der Waals surface area contributed by atoms with Gasteiger partial charge < -0.3 is 9.84 Å². The van der Waals surface area contributed by atoms with Crippen molar-refractivity contribution in [2.75, 3.05) is 13.7 Å². The molecule has 1 aromatic heterocycles. The zero-order chi connectivity index (χ0) is 17.4. The Morgan fingerprint density at radius 2 is 2.16 bits per heavy atom. The van der Waals surface area contributed by atoms with Crippen LogP contribution in [0.5, 0.6) is 5.75 Å². The third-order valence-electron chi connectivity index (χ3n) is 5.13. The molecule has 4 rings (SSSR count). The summed E-state index contributed by atoms with van der Waals surface area (Å²) in [5.74, 6) is 0.843. The average molecular weight is 345 g/mol. The molecule has 1 N–H and O–H groups in total. The molecule has 1 aliphatic carbocycles. The number of rotatable bonds is 5. The summed E-state index contributed by atoms with van der Waals surface area (Å²) in [4.78, 5) is 2.23. The number of ether oxygens (including phenoxy) is 1. The number of fused-ring (bicyclic) bond motifs is 1. The third-order valence-corrected chi connectivity index (χ3v) is 5.13. The summed E-state index contributed by atoms with van der Waals surface area (Å²) in [6, 6.07) is 6.88. The van der Waals surface area contributed by atoms with E-state index in [9.17, 15) is 9.50 Å². The quantitative estimate of drug-likeness (QED) is 0.905. The van der Waals surface area contributed by atoms with Crippen molar-refractivity contribution < 1.29 is 14.2 Å². The maximum atomic E-state index is 14.1. The van der Waals surface area contributed by atoms with Crippen LogP contribution in [0.25, 0.3) is 0 Å². The molecule has 0 unspecified atom stereocenters. The molecule has 0 radical (unpaired) electrons. The number of aryl methyl sites for hydroxylation is 1. The Hall–Kier alpha value is -1.92. The summed E-state index contributed by atoms with van der Waals surface area (Å²) in [5.41, 5.74) is 2.52. The fourth-order valence-electron chi connectivity index (χ4n) is 3.52. The van der Waals surface area contributed by atoms with Gasteiger partial charge in [0.15, 0.2) is 0 Å². The van der Waals surface area contributed by atoms with Crippen molar-refractivity contribution in [3.63, 3.8) is 0 Å². The van der Waals surface area contributed by atoms with Crippen LogP contribution in [-0.4, -0.2) is 33.4 Å². The summed E-state index contributed by atoms with van der Waals surface area (Å²) < 4.78 is 21.3. The Morgan fingerprint density at radius 3 is 2.92 bits per heavy atom. The van der Waals surface area contributed by atoms with Crippen molar-refractivity contribution in [1.82, 2.24) is 14.7 Å². The molecule has 1 aromatic carbocycles. The van der Waals surface area contributed by atoms with Crippen LogP contribution in [0.3, 0.4) is 0 Å². The van der Waals surface area contributed by atoms with Crippen molar-refractivity contribution >= 4 is 0 Å². The highest BCUT2D eigenvalue weighted by molar-refractivity contribution is 5.30. The first-order valence-corrected chi connectivity index (χ1v) is 8.93. The van der Waals surface area contributed by atoms with Crippen molar-refractivity contribution in [3.05, 3.63) is 47.0 Å². The molecule has 134 valence electrons. The molecule has 0 spiro atoms. The van der Waals surface area contributed by atoms with Gasteiger partial charge in [0.2, 0.25) is 0 Å². The molecular formula is C19H24FN3O2. The van der Waals surface area contributed by atoms with Crippen molar-refractivity contribution in [1.29, 1.82) is 0 Å². The normalized spacial score (nSPS) is 19.3. The summed E-state index contributed by atoms with van der Waals surface area (Å²) in [5, 5.41) is 14.9. The fourth-order valence-corrected chi connectivity index (χ4v) is 3.52. The van der Waals surface area contributed by atoms with Gasteiger partial charge in [-0.2, -0.15) is 5.10 Å². The number of nitrogens with zero attached hydrogens (tertiary/aromatic N) is 3. The van der Waals surface area contributed by atoms with E-state index in [1.165, 1.54) is 6.07 Å². The van der Waals surface area contributed by atoms with Crippen LogP contribution < -0.4 is 4.74 Å². The second-order valence-electron chi connectivity index (χ2n) is 7.09. The Bertz CT molecular complexity index is 757. The summed E-state index contributed by atoms with van der Waals surface area (Å²) in [7, 11) is 1.59. The van der Waals surface area contributed by atoms with Gasteiger partial charge in [0.1, 0.15) is 17.7 Å². The van der Waals surface area contributed by atoms with Crippen LogP contribution in [0.2, 0.25) is 0 Å². The molecule has 1 aliphatic heterocycles.